The van der Waals surface area contributed by atoms with Crippen LogP contribution in [0.1, 0.15) is 32.3 Å². The number of benzene rings is 1. The fourth-order valence-corrected chi connectivity index (χ4v) is 2.68. The molecule has 1 atom stereocenters. The van der Waals surface area contributed by atoms with Crippen LogP contribution >= 0.6 is 0 Å². The van der Waals surface area contributed by atoms with E-state index in [4.69, 9.17) is 4.74 Å². The van der Waals surface area contributed by atoms with Crippen LogP contribution in [0.25, 0.3) is 10.9 Å². The van der Waals surface area contributed by atoms with E-state index in [1.807, 2.05) is 44.3 Å². The number of hydrogen-bond acceptors (Lipinski definition) is 3. The lowest BCUT2D eigenvalue weighted by Gasteiger charge is -2.18. The number of methoxy groups -OCH3 is 1. The number of aromatic nitrogens is 1. The zero-order chi connectivity index (χ0) is 16.8. The molecule has 1 amide bonds. The average Bonchev–Trinajstić information content (AvgIpc) is 2.94. The van der Waals surface area contributed by atoms with Gasteiger partial charge < -0.3 is 15.0 Å². The van der Waals surface area contributed by atoms with E-state index in [0.29, 0.717) is 25.2 Å². The van der Waals surface area contributed by atoms with Crippen LogP contribution < -0.4 is 5.32 Å². The van der Waals surface area contributed by atoms with Gasteiger partial charge in [-0.2, -0.15) is 0 Å². The molecule has 0 aliphatic carbocycles. The van der Waals surface area contributed by atoms with Gasteiger partial charge in [-0.1, -0.05) is 32.0 Å². The van der Waals surface area contributed by atoms with Crippen LogP contribution in [0, 0.1) is 5.92 Å². The number of amides is 1. The monoisotopic (exact) mass is 316 g/mol. The third-order valence-corrected chi connectivity index (χ3v) is 3.82. The van der Waals surface area contributed by atoms with Crippen molar-refractivity contribution in [2.24, 2.45) is 5.92 Å². The molecular formula is C18H24N2O3. The molecule has 0 aliphatic heterocycles. The van der Waals surface area contributed by atoms with Crippen LogP contribution in [0.15, 0.2) is 30.5 Å². The molecule has 5 heteroatoms. The highest BCUT2D eigenvalue weighted by molar-refractivity contribution is 5.86. The lowest BCUT2D eigenvalue weighted by Crippen LogP contribution is -2.42. The van der Waals surface area contributed by atoms with Crippen molar-refractivity contribution in [3.63, 3.8) is 0 Å². The van der Waals surface area contributed by atoms with E-state index < -0.39 is 6.04 Å². The Bertz CT molecular complexity index is 676. The van der Waals surface area contributed by atoms with Gasteiger partial charge in [-0.25, -0.2) is 4.79 Å². The minimum absolute atomic E-state index is 0.133. The number of para-hydroxylation sites is 1. The second kappa shape index (κ2) is 7.81. The van der Waals surface area contributed by atoms with Crippen molar-refractivity contribution in [1.29, 1.82) is 0 Å². The van der Waals surface area contributed by atoms with Gasteiger partial charge in [0.2, 0.25) is 5.91 Å². The Balaban J connectivity index is 1.94. The van der Waals surface area contributed by atoms with Crippen molar-refractivity contribution < 1.29 is 14.3 Å². The van der Waals surface area contributed by atoms with Gasteiger partial charge in [-0.05, 0) is 30.4 Å². The summed E-state index contributed by atoms with van der Waals surface area (Å²) in [6.45, 7) is 4.02. The SMILES string of the molecule is COC(=O)C(CC(C)C)NC(=O)CCc1c[nH]c2ccccc12. The highest BCUT2D eigenvalue weighted by Crippen LogP contribution is 2.19. The number of aromatic amines is 1. The maximum atomic E-state index is 12.2. The molecule has 0 fully saturated rings. The maximum Gasteiger partial charge on any atom is 0.328 e. The predicted octanol–water partition coefficient (Wildman–Crippen LogP) is 2.80. The second-order valence-electron chi connectivity index (χ2n) is 6.13. The molecule has 124 valence electrons. The molecule has 1 aromatic heterocycles. The van der Waals surface area contributed by atoms with E-state index in [9.17, 15) is 9.59 Å². The quantitative estimate of drug-likeness (QED) is 0.772. The summed E-state index contributed by atoms with van der Waals surface area (Å²) in [5, 5.41) is 3.92. The summed E-state index contributed by atoms with van der Waals surface area (Å²) >= 11 is 0. The van der Waals surface area contributed by atoms with Gasteiger partial charge in [-0.3, -0.25) is 4.79 Å². The number of aryl methyl sites for hydroxylation is 1. The molecule has 5 nitrogen and oxygen atoms in total. The topological polar surface area (TPSA) is 71.2 Å². The number of hydrogen-bond donors (Lipinski definition) is 2. The Hall–Kier alpha value is -2.30. The summed E-state index contributed by atoms with van der Waals surface area (Å²) in [5.41, 5.74) is 2.17. The van der Waals surface area contributed by atoms with E-state index in [2.05, 4.69) is 10.3 Å². The fourth-order valence-electron chi connectivity index (χ4n) is 2.68. The second-order valence-corrected chi connectivity index (χ2v) is 6.13. The Morgan fingerprint density at radius 1 is 1.26 bits per heavy atom. The van der Waals surface area contributed by atoms with Crippen LogP contribution in [-0.2, 0) is 20.7 Å². The van der Waals surface area contributed by atoms with Crippen LogP contribution in [0.2, 0.25) is 0 Å². The minimum Gasteiger partial charge on any atom is -0.467 e. The molecule has 0 saturated heterocycles. The summed E-state index contributed by atoms with van der Waals surface area (Å²) < 4.78 is 4.76. The van der Waals surface area contributed by atoms with Crippen LogP contribution in [0.4, 0.5) is 0 Å². The van der Waals surface area contributed by atoms with Gasteiger partial charge in [0.05, 0.1) is 7.11 Å². The van der Waals surface area contributed by atoms with Gasteiger partial charge in [0.1, 0.15) is 6.04 Å². The van der Waals surface area contributed by atoms with Gasteiger partial charge >= 0.3 is 5.97 Å². The molecule has 0 aliphatic rings. The lowest BCUT2D eigenvalue weighted by molar-refractivity contribution is -0.145. The molecular weight excluding hydrogens is 292 g/mol. The van der Waals surface area contributed by atoms with E-state index >= 15 is 0 Å². The smallest absolute Gasteiger partial charge is 0.328 e. The van der Waals surface area contributed by atoms with Crippen LogP contribution in [-0.4, -0.2) is 30.0 Å². The molecule has 0 radical (unpaired) electrons. The summed E-state index contributed by atoms with van der Waals surface area (Å²) in [4.78, 5) is 27.1. The largest absolute Gasteiger partial charge is 0.467 e. The third kappa shape index (κ3) is 4.58. The number of carbonyl (C=O) groups excluding carboxylic acids is 2. The number of ether oxygens (including phenoxy) is 1. The highest BCUT2D eigenvalue weighted by Gasteiger charge is 2.22. The number of nitrogens with one attached hydrogen (secondary N) is 2. The molecule has 23 heavy (non-hydrogen) atoms. The Kier molecular flexibility index (Phi) is 5.79. The maximum absolute atomic E-state index is 12.2. The number of esters is 1. The molecule has 0 bridgehead atoms. The Morgan fingerprint density at radius 2 is 2.00 bits per heavy atom. The number of carbonyl (C=O) groups is 2. The third-order valence-electron chi connectivity index (χ3n) is 3.82. The van der Waals surface area contributed by atoms with Gasteiger partial charge in [0.15, 0.2) is 0 Å². The molecule has 2 rings (SSSR count). The van der Waals surface area contributed by atoms with Crippen molar-refractivity contribution >= 4 is 22.8 Å². The summed E-state index contributed by atoms with van der Waals surface area (Å²) in [5.74, 6) is -0.224. The number of fused-ring (bicyclic) bond motifs is 1. The van der Waals surface area contributed by atoms with Gasteiger partial charge in [0.25, 0.3) is 0 Å². The van der Waals surface area contributed by atoms with Crippen LogP contribution in [0.5, 0.6) is 0 Å². The summed E-state index contributed by atoms with van der Waals surface area (Å²) in [6.07, 6.45) is 3.48. The molecule has 2 N–H and O–H groups in total. The standard InChI is InChI=1S/C18H24N2O3/c1-12(2)10-16(18(22)23-3)20-17(21)9-8-13-11-19-15-7-5-4-6-14(13)15/h4-7,11-12,16,19H,8-10H2,1-3H3,(H,20,21). The minimum atomic E-state index is -0.574. The molecule has 1 unspecified atom stereocenters. The van der Waals surface area contributed by atoms with E-state index in [0.717, 1.165) is 16.5 Å². The normalized spacial score (nSPS) is 12.3. The number of rotatable bonds is 7. The van der Waals surface area contributed by atoms with Crippen molar-refractivity contribution in [3.8, 4) is 0 Å². The van der Waals surface area contributed by atoms with Gasteiger partial charge in [-0.15, -0.1) is 0 Å². The molecule has 2 aromatic rings. The highest BCUT2D eigenvalue weighted by atomic mass is 16.5. The molecule has 0 spiro atoms. The molecule has 1 heterocycles. The molecule has 0 saturated carbocycles. The van der Waals surface area contributed by atoms with E-state index in [-0.39, 0.29) is 11.9 Å². The first-order chi connectivity index (χ1) is 11.0. The van der Waals surface area contributed by atoms with E-state index in [1.165, 1.54) is 7.11 Å². The first-order valence-corrected chi connectivity index (χ1v) is 7.93. The average molecular weight is 316 g/mol. The molecule has 1 aromatic carbocycles. The van der Waals surface area contributed by atoms with Crippen molar-refractivity contribution in [2.45, 2.75) is 39.2 Å². The predicted molar refractivity (Wildman–Crippen MR) is 90.0 cm³/mol. The first-order valence-electron chi connectivity index (χ1n) is 7.93. The zero-order valence-electron chi connectivity index (χ0n) is 13.9. The number of H-pyrrole nitrogens is 1. The van der Waals surface area contributed by atoms with E-state index in [1.54, 1.807) is 0 Å². The zero-order valence-corrected chi connectivity index (χ0v) is 13.9. The summed E-state index contributed by atoms with van der Waals surface area (Å²) in [7, 11) is 1.34. The van der Waals surface area contributed by atoms with Crippen molar-refractivity contribution in [3.05, 3.63) is 36.0 Å². The first kappa shape index (κ1) is 17.1. The lowest BCUT2D eigenvalue weighted by atomic mass is 10.0. The van der Waals surface area contributed by atoms with Gasteiger partial charge in [0, 0.05) is 23.5 Å². The van der Waals surface area contributed by atoms with Crippen molar-refractivity contribution in [2.75, 3.05) is 7.11 Å². The Morgan fingerprint density at radius 3 is 2.70 bits per heavy atom. The fraction of sp³-hybridized carbons (Fsp3) is 0.444. The Labute approximate surface area is 136 Å². The summed E-state index contributed by atoms with van der Waals surface area (Å²) in [6, 6.07) is 7.43. The van der Waals surface area contributed by atoms with Crippen LogP contribution in [0.3, 0.4) is 0 Å². The van der Waals surface area contributed by atoms with Crippen molar-refractivity contribution in [1.82, 2.24) is 10.3 Å².